The van der Waals surface area contributed by atoms with Crippen LogP contribution in [-0.2, 0) is 11.8 Å². The molecule has 0 fully saturated rings. The standard InChI is InChI=1S/C17H29N/c1-13(2)6-11-16(18)12-14-7-9-15(10-8-14)17(3,4)5/h7-10,13,16H,6,11-12,18H2,1-5H3. The summed E-state index contributed by atoms with van der Waals surface area (Å²) in [5.74, 6) is 0.749. The summed E-state index contributed by atoms with van der Waals surface area (Å²) < 4.78 is 0. The van der Waals surface area contributed by atoms with Gasteiger partial charge in [-0.15, -0.1) is 0 Å². The van der Waals surface area contributed by atoms with Crippen molar-refractivity contribution >= 4 is 0 Å². The molecule has 0 aromatic heterocycles. The first-order valence-corrected chi connectivity index (χ1v) is 7.14. The van der Waals surface area contributed by atoms with E-state index in [0.717, 1.165) is 18.8 Å². The summed E-state index contributed by atoms with van der Waals surface area (Å²) in [6.45, 7) is 11.2. The first kappa shape index (κ1) is 15.2. The lowest BCUT2D eigenvalue weighted by Gasteiger charge is -2.19. The summed E-state index contributed by atoms with van der Waals surface area (Å²) in [7, 11) is 0. The van der Waals surface area contributed by atoms with Crippen LogP contribution >= 0.6 is 0 Å². The molecule has 0 saturated carbocycles. The molecule has 18 heavy (non-hydrogen) atoms. The van der Waals surface area contributed by atoms with E-state index < -0.39 is 0 Å². The maximum Gasteiger partial charge on any atom is 0.00794 e. The Bertz CT molecular complexity index is 343. The average Bonchev–Trinajstić information content (AvgIpc) is 2.26. The quantitative estimate of drug-likeness (QED) is 0.825. The van der Waals surface area contributed by atoms with Crippen LogP contribution in [0.3, 0.4) is 0 Å². The third kappa shape index (κ3) is 5.22. The zero-order valence-electron chi connectivity index (χ0n) is 12.7. The fourth-order valence-corrected chi connectivity index (χ4v) is 2.09. The lowest BCUT2D eigenvalue weighted by Crippen LogP contribution is -2.23. The molecular weight excluding hydrogens is 218 g/mol. The monoisotopic (exact) mass is 247 g/mol. The van der Waals surface area contributed by atoms with Gasteiger partial charge in [0.25, 0.3) is 0 Å². The van der Waals surface area contributed by atoms with E-state index in [1.807, 2.05) is 0 Å². The van der Waals surface area contributed by atoms with Crippen molar-refractivity contribution < 1.29 is 0 Å². The largest absolute Gasteiger partial charge is 0.327 e. The van der Waals surface area contributed by atoms with E-state index >= 15 is 0 Å². The molecule has 0 spiro atoms. The Morgan fingerprint density at radius 3 is 2.00 bits per heavy atom. The van der Waals surface area contributed by atoms with Gasteiger partial charge in [0.15, 0.2) is 0 Å². The fraction of sp³-hybridized carbons (Fsp3) is 0.647. The van der Waals surface area contributed by atoms with Gasteiger partial charge in [0, 0.05) is 6.04 Å². The second-order valence-corrected chi connectivity index (χ2v) is 6.88. The van der Waals surface area contributed by atoms with E-state index in [2.05, 4.69) is 58.9 Å². The molecule has 0 amide bonds. The van der Waals surface area contributed by atoms with Crippen molar-refractivity contribution in [1.29, 1.82) is 0 Å². The minimum Gasteiger partial charge on any atom is -0.327 e. The number of nitrogens with two attached hydrogens (primary N) is 1. The van der Waals surface area contributed by atoms with Crippen LogP contribution in [0.5, 0.6) is 0 Å². The Morgan fingerprint density at radius 1 is 1.00 bits per heavy atom. The molecule has 0 aliphatic carbocycles. The summed E-state index contributed by atoms with van der Waals surface area (Å²) >= 11 is 0. The van der Waals surface area contributed by atoms with E-state index in [1.165, 1.54) is 17.5 Å². The highest BCUT2D eigenvalue weighted by atomic mass is 14.6. The van der Waals surface area contributed by atoms with E-state index in [4.69, 9.17) is 5.73 Å². The number of rotatable bonds is 5. The molecule has 2 N–H and O–H groups in total. The maximum absolute atomic E-state index is 6.18. The molecule has 1 rings (SSSR count). The Hall–Kier alpha value is -0.820. The van der Waals surface area contributed by atoms with Crippen LogP contribution in [0.2, 0.25) is 0 Å². The molecule has 0 saturated heterocycles. The predicted molar refractivity (Wildman–Crippen MR) is 80.9 cm³/mol. The summed E-state index contributed by atoms with van der Waals surface area (Å²) in [6.07, 6.45) is 3.34. The van der Waals surface area contributed by atoms with Gasteiger partial charge in [0.05, 0.1) is 0 Å². The summed E-state index contributed by atoms with van der Waals surface area (Å²) in [6, 6.07) is 9.24. The van der Waals surface area contributed by atoms with Crippen LogP contribution in [0.4, 0.5) is 0 Å². The highest BCUT2D eigenvalue weighted by Gasteiger charge is 2.13. The van der Waals surface area contributed by atoms with Crippen LogP contribution in [0.15, 0.2) is 24.3 Å². The fourth-order valence-electron chi connectivity index (χ4n) is 2.09. The number of hydrogen-bond donors (Lipinski definition) is 1. The van der Waals surface area contributed by atoms with Crippen molar-refractivity contribution in [2.24, 2.45) is 11.7 Å². The van der Waals surface area contributed by atoms with Gasteiger partial charge in [-0.3, -0.25) is 0 Å². The van der Waals surface area contributed by atoms with E-state index in [0.29, 0.717) is 6.04 Å². The summed E-state index contributed by atoms with van der Waals surface area (Å²) in [5, 5.41) is 0. The second kappa shape index (κ2) is 6.38. The molecule has 1 nitrogen and oxygen atoms in total. The molecular formula is C17H29N. The Balaban J connectivity index is 2.53. The summed E-state index contributed by atoms with van der Waals surface area (Å²) in [4.78, 5) is 0. The molecule has 0 aliphatic rings. The normalized spacial score (nSPS) is 13.9. The van der Waals surface area contributed by atoms with Crippen molar-refractivity contribution in [2.45, 2.75) is 65.3 Å². The Labute approximate surface area is 113 Å². The van der Waals surface area contributed by atoms with Crippen molar-refractivity contribution in [1.82, 2.24) is 0 Å². The van der Waals surface area contributed by atoms with Crippen LogP contribution < -0.4 is 5.73 Å². The van der Waals surface area contributed by atoms with Crippen LogP contribution in [0, 0.1) is 5.92 Å². The van der Waals surface area contributed by atoms with Crippen molar-refractivity contribution in [3.8, 4) is 0 Å². The van der Waals surface area contributed by atoms with Gasteiger partial charge in [-0.05, 0) is 41.7 Å². The molecule has 1 aromatic carbocycles. The van der Waals surface area contributed by atoms with Crippen LogP contribution in [0.25, 0.3) is 0 Å². The molecule has 0 radical (unpaired) electrons. The van der Waals surface area contributed by atoms with Gasteiger partial charge in [-0.25, -0.2) is 0 Å². The van der Waals surface area contributed by atoms with Crippen molar-refractivity contribution in [2.75, 3.05) is 0 Å². The third-order valence-electron chi connectivity index (χ3n) is 3.43. The predicted octanol–water partition coefficient (Wildman–Crippen LogP) is 4.29. The molecule has 0 heterocycles. The minimum absolute atomic E-state index is 0.234. The second-order valence-electron chi connectivity index (χ2n) is 6.88. The molecule has 1 unspecified atom stereocenters. The van der Waals surface area contributed by atoms with Gasteiger partial charge in [-0.2, -0.15) is 0 Å². The Morgan fingerprint density at radius 2 is 1.56 bits per heavy atom. The summed E-state index contributed by atoms with van der Waals surface area (Å²) in [5.41, 5.74) is 9.16. The zero-order valence-corrected chi connectivity index (χ0v) is 12.7. The van der Waals surface area contributed by atoms with Crippen molar-refractivity contribution in [3.63, 3.8) is 0 Å². The van der Waals surface area contributed by atoms with E-state index in [1.54, 1.807) is 0 Å². The van der Waals surface area contributed by atoms with Gasteiger partial charge < -0.3 is 5.73 Å². The highest BCUT2D eigenvalue weighted by Crippen LogP contribution is 2.22. The SMILES string of the molecule is CC(C)CCC(N)Cc1ccc(C(C)(C)C)cc1. The van der Waals surface area contributed by atoms with Crippen LogP contribution in [0.1, 0.15) is 58.6 Å². The molecule has 0 bridgehead atoms. The van der Waals surface area contributed by atoms with Gasteiger partial charge >= 0.3 is 0 Å². The van der Waals surface area contributed by atoms with Crippen LogP contribution in [-0.4, -0.2) is 6.04 Å². The maximum atomic E-state index is 6.18. The number of benzene rings is 1. The van der Waals surface area contributed by atoms with E-state index in [-0.39, 0.29) is 5.41 Å². The smallest absolute Gasteiger partial charge is 0.00794 e. The molecule has 102 valence electrons. The average molecular weight is 247 g/mol. The van der Waals surface area contributed by atoms with Gasteiger partial charge in [0.1, 0.15) is 0 Å². The molecule has 1 heteroatoms. The van der Waals surface area contributed by atoms with E-state index in [9.17, 15) is 0 Å². The topological polar surface area (TPSA) is 26.0 Å². The number of hydrogen-bond acceptors (Lipinski definition) is 1. The first-order valence-electron chi connectivity index (χ1n) is 7.14. The zero-order chi connectivity index (χ0) is 13.8. The van der Waals surface area contributed by atoms with Gasteiger partial charge in [-0.1, -0.05) is 58.9 Å². The van der Waals surface area contributed by atoms with Gasteiger partial charge in [0.2, 0.25) is 0 Å². The third-order valence-corrected chi connectivity index (χ3v) is 3.43. The first-order chi connectivity index (χ1) is 8.29. The molecule has 1 aromatic rings. The highest BCUT2D eigenvalue weighted by molar-refractivity contribution is 5.27. The molecule has 1 atom stereocenters. The lowest BCUT2D eigenvalue weighted by molar-refractivity contribution is 0.494. The minimum atomic E-state index is 0.234. The lowest BCUT2D eigenvalue weighted by atomic mass is 9.86. The molecule has 0 aliphatic heterocycles. The van der Waals surface area contributed by atoms with Crippen molar-refractivity contribution in [3.05, 3.63) is 35.4 Å². The Kier molecular flexibility index (Phi) is 5.40.